The summed E-state index contributed by atoms with van der Waals surface area (Å²) in [5.74, 6) is -1.00. The van der Waals surface area contributed by atoms with E-state index < -0.39 is 11.6 Å². The van der Waals surface area contributed by atoms with Gasteiger partial charge in [-0.1, -0.05) is 24.9 Å². The van der Waals surface area contributed by atoms with Crippen molar-refractivity contribution in [2.75, 3.05) is 5.75 Å². The summed E-state index contributed by atoms with van der Waals surface area (Å²) in [5.41, 5.74) is 5.31. The molecule has 100 valence electrons. The van der Waals surface area contributed by atoms with Gasteiger partial charge in [0, 0.05) is 5.56 Å². The maximum absolute atomic E-state index is 13.7. The SMILES string of the molecule is CCCCCSc1c(F)cc(C(N)=NO)cc1F. The van der Waals surface area contributed by atoms with Crippen LogP contribution in [-0.4, -0.2) is 16.8 Å². The first-order valence-corrected chi connectivity index (χ1v) is 6.68. The zero-order valence-electron chi connectivity index (χ0n) is 10.1. The minimum atomic E-state index is -0.682. The standard InChI is InChI=1S/C12H16F2N2OS/c1-2-3-4-5-18-11-9(13)6-8(7-10(11)14)12(15)16-17/h6-7,17H,2-5H2,1H3,(H2,15,16). The van der Waals surface area contributed by atoms with Gasteiger partial charge in [-0.3, -0.25) is 0 Å². The zero-order valence-corrected chi connectivity index (χ0v) is 10.9. The van der Waals surface area contributed by atoms with Gasteiger partial charge in [-0.2, -0.15) is 0 Å². The maximum Gasteiger partial charge on any atom is 0.170 e. The van der Waals surface area contributed by atoms with Crippen molar-refractivity contribution in [3.8, 4) is 0 Å². The third-order valence-electron chi connectivity index (χ3n) is 2.40. The number of rotatable bonds is 6. The van der Waals surface area contributed by atoms with Crippen LogP contribution in [0.25, 0.3) is 0 Å². The Morgan fingerprint density at radius 3 is 2.44 bits per heavy atom. The first-order chi connectivity index (χ1) is 8.60. The molecule has 0 atom stereocenters. The Labute approximate surface area is 109 Å². The zero-order chi connectivity index (χ0) is 13.5. The quantitative estimate of drug-likeness (QED) is 0.209. The van der Waals surface area contributed by atoms with Crippen LogP contribution in [0, 0.1) is 11.6 Å². The minimum absolute atomic E-state index is 0.0133. The number of nitrogens with two attached hydrogens (primary N) is 1. The van der Waals surface area contributed by atoms with Crippen molar-refractivity contribution >= 4 is 17.6 Å². The van der Waals surface area contributed by atoms with Crippen LogP contribution in [0.1, 0.15) is 31.7 Å². The molecule has 0 aliphatic carbocycles. The summed E-state index contributed by atoms with van der Waals surface area (Å²) in [4.78, 5) is -0.0133. The second-order valence-electron chi connectivity index (χ2n) is 3.81. The lowest BCUT2D eigenvalue weighted by molar-refractivity contribution is 0.318. The van der Waals surface area contributed by atoms with E-state index in [0.717, 1.165) is 43.2 Å². The topological polar surface area (TPSA) is 58.6 Å². The Morgan fingerprint density at radius 2 is 1.94 bits per heavy atom. The van der Waals surface area contributed by atoms with E-state index in [-0.39, 0.29) is 16.3 Å². The number of benzene rings is 1. The highest BCUT2D eigenvalue weighted by molar-refractivity contribution is 7.99. The lowest BCUT2D eigenvalue weighted by atomic mass is 10.2. The van der Waals surface area contributed by atoms with Gasteiger partial charge in [-0.15, -0.1) is 11.8 Å². The fraction of sp³-hybridized carbons (Fsp3) is 0.417. The van der Waals surface area contributed by atoms with Crippen LogP contribution >= 0.6 is 11.8 Å². The van der Waals surface area contributed by atoms with Gasteiger partial charge in [-0.05, 0) is 24.3 Å². The number of thioether (sulfide) groups is 1. The van der Waals surface area contributed by atoms with E-state index in [4.69, 9.17) is 10.9 Å². The van der Waals surface area contributed by atoms with Crippen molar-refractivity contribution in [2.45, 2.75) is 31.1 Å². The van der Waals surface area contributed by atoms with Gasteiger partial charge >= 0.3 is 0 Å². The third kappa shape index (κ3) is 3.87. The van der Waals surface area contributed by atoms with E-state index in [9.17, 15) is 8.78 Å². The Hall–Kier alpha value is -1.30. The summed E-state index contributed by atoms with van der Waals surface area (Å²) in [5, 5.41) is 11.2. The molecular formula is C12H16F2N2OS. The average Bonchev–Trinajstić information content (AvgIpc) is 2.35. The lowest BCUT2D eigenvalue weighted by Gasteiger charge is -2.07. The molecule has 0 aliphatic rings. The monoisotopic (exact) mass is 274 g/mol. The smallest absolute Gasteiger partial charge is 0.170 e. The van der Waals surface area contributed by atoms with E-state index >= 15 is 0 Å². The van der Waals surface area contributed by atoms with Gasteiger partial charge in [0.05, 0.1) is 4.90 Å². The molecule has 0 aliphatic heterocycles. The van der Waals surface area contributed by atoms with Gasteiger partial charge in [0.15, 0.2) is 5.84 Å². The van der Waals surface area contributed by atoms with Gasteiger partial charge in [0.2, 0.25) is 0 Å². The molecule has 1 aromatic carbocycles. The summed E-state index contributed by atoms with van der Waals surface area (Å²) in [7, 11) is 0. The number of unbranched alkanes of at least 4 members (excludes halogenated alkanes) is 2. The number of amidine groups is 1. The van der Waals surface area contributed by atoms with Crippen LogP contribution in [0.4, 0.5) is 8.78 Å². The molecule has 1 rings (SSSR count). The van der Waals surface area contributed by atoms with E-state index in [1.807, 2.05) is 0 Å². The molecule has 0 heterocycles. The summed E-state index contributed by atoms with van der Waals surface area (Å²) in [6, 6.07) is 2.14. The van der Waals surface area contributed by atoms with Crippen LogP contribution in [0.3, 0.4) is 0 Å². The highest BCUT2D eigenvalue weighted by Gasteiger charge is 2.13. The van der Waals surface area contributed by atoms with Crippen LogP contribution < -0.4 is 5.73 Å². The molecule has 0 amide bonds. The lowest BCUT2D eigenvalue weighted by Crippen LogP contribution is -2.14. The molecule has 1 aromatic rings. The molecule has 0 aromatic heterocycles. The van der Waals surface area contributed by atoms with Crippen molar-refractivity contribution in [1.82, 2.24) is 0 Å². The number of hydrogen-bond acceptors (Lipinski definition) is 3. The molecule has 0 fully saturated rings. The molecule has 0 bridgehead atoms. The Kier molecular flexibility index (Phi) is 5.91. The maximum atomic E-state index is 13.7. The minimum Gasteiger partial charge on any atom is -0.409 e. The number of oxime groups is 1. The number of halogens is 2. The molecule has 3 nitrogen and oxygen atoms in total. The number of hydrogen-bond donors (Lipinski definition) is 2. The molecule has 6 heteroatoms. The van der Waals surface area contributed by atoms with Crippen molar-refractivity contribution in [2.24, 2.45) is 10.9 Å². The number of nitrogens with zero attached hydrogens (tertiary/aromatic N) is 1. The Balaban J connectivity index is 2.81. The molecule has 0 radical (unpaired) electrons. The van der Waals surface area contributed by atoms with Gasteiger partial charge in [-0.25, -0.2) is 8.78 Å². The van der Waals surface area contributed by atoms with Crippen LogP contribution in [-0.2, 0) is 0 Å². The third-order valence-corrected chi connectivity index (χ3v) is 3.57. The predicted molar refractivity (Wildman–Crippen MR) is 69.1 cm³/mol. The summed E-state index contributed by atoms with van der Waals surface area (Å²) >= 11 is 1.15. The second-order valence-corrected chi connectivity index (χ2v) is 4.91. The second kappa shape index (κ2) is 7.20. The fourth-order valence-corrected chi connectivity index (χ4v) is 2.38. The van der Waals surface area contributed by atoms with Crippen molar-refractivity contribution in [3.63, 3.8) is 0 Å². The predicted octanol–water partition coefficient (Wildman–Crippen LogP) is 3.34. The fourth-order valence-electron chi connectivity index (χ4n) is 1.43. The summed E-state index contributed by atoms with van der Waals surface area (Å²) < 4.78 is 27.3. The van der Waals surface area contributed by atoms with Gasteiger partial charge in [0.1, 0.15) is 11.6 Å². The largest absolute Gasteiger partial charge is 0.409 e. The molecule has 3 N–H and O–H groups in total. The molecule has 0 spiro atoms. The van der Waals surface area contributed by atoms with Crippen LogP contribution in [0.2, 0.25) is 0 Å². The van der Waals surface area contributed by atoms with Crippen LogP contribution in [0.15, 0.2) is 22.2 Å². The highest BCUT2D eigenvalue weighted by Crippen LogP contribution is 2.27. The highest BCUT2D eigenvalue weighted by atomic mass is 32.2. The Bertz CT molecular complexity index is 415. The van der Waals surface area contributed by atoms with Crippen LogP contribution in [0.5, 0.6) is 0 Å². The summed E-state index contributed by atoms with van der Waals surface area (Å²) in [6.45, 7) is 2.07. The summed E-state index contributed by atoms with van der Waals surface area (Å²) in [6.07, 6.45) is 3.02. The molecule has 18 heavy (non-hydrogen) atoms. The Morgan fingerprint density at radius 1 is 1.33 bits per heavy atom. The van der Waals surface area contributed by atoms with E-state index in [0.29, 0.717) is 5.75 Å². The van der Waals surface area contributed by atoms with Crippen molar-refractivity contribution in [1.29, 1.82) is 0 Å². The molecule has 0 saturated heterocycles. The molecular weight excluding hydrogens is 258 g/mol. The molecule has 0 saturated carbocycles. The first-order valence-electron chi connectivity index (χ1n) is 5.69. The van der Waals surface area contributed by atoms with E-state index in [1.165, 1.54) is 0 Å². The van der Waals surface area contributed by atoms with Crippen molar-refractivity contribution in [3.05, 3.63) is 29.3 Å². The molecule has 0 unspecified atom stereocenters. The normalized spacial score (nSPS) is 11.8. The van der Waals surface area contributed by atoms with E-state index in [1.54, 1.807) is 0 Å². The van der Waals surface area contributed by atoms with E-state index in [2.05, 4.69) is 12.1 Å². The average molecular weight is 274 g/mol. The van der Waals surface area contributed by atoms with Gasteiger partial charge in [0.25, 0.3) is 0 Å². The van der Waals surface area contributed by atoms with Gasteiger partial charge < -0.3 is 10.9 Å². The first kappa shape index (κ1) is 14.8. The van der Waals surface area contributed by atoms with Crippen molar-refractivity contribution < 1.29 is 14.0 Å².